The van der Waals surface area contributed by atoms with Gasteiger partial charge in [0, 0.05) is 4.47 Å². The summed E-state index contributed by atoms with van der Waals surface area (Å²) in [4.78, 5) is 23.1. The number of carbonyl (C=O) groups excluding carboxylic acids is 1. The van der Waals surface area contributed by atoms with Crippen LogP contribution in [0.1, 0.15) is 28.5 Å². The van der Waals surface area contributed by atoms with Crippen molar-refractivity contribution in [2.45, 2.75) is 25.9 Å². The summed E-state index contributed by atoms with van der Waals surface area (Å²) in [6.45, 7) is 1.26. The number of hydrogen-bond donors (Lipinski definition) is 0. The normalized spacial score (nSPS) is 15.0. The minimum absolute atomic E-state index is 0.209. The summed E-state index contributed by atoms with van der Waals surface area (Å²) in [5.74, 6) is 0.744. The highest BCUT2D eigenvalue weighted by Gasteiger charge is 2.33. The van der Waals surface area contributed by atoms with Crippen molar-refractivity contribution >= 4 is 22.0 Å². The molecule has 1 saturated heterocycles. The molecule has 0 N–H and O–H groups in total. The van der Waals surface area contributed by atoms with Gasteiger partial charge in [-0.05, 0) is 28.8 Å². The van der Waals surface area contributed by atoms with E-state index in [1.165, 1.54) is 6.33 Å². The van der Waals surface area contributed by atoms with Crippen LogP contribution in [0.3, 0.4) is 0 Å². The first-order chi connectivity index (χ1) is 17.7. The molecule has 1 unspecified atom stereocenters. The van der Waals surface area contributed by atoms with Gasteiger partial charge in [0.25, 0.3) is 5.88 Å². The fourth-order valence-electron chi connectivity index (χ4n) is 3.88. The lowest BCUT2D eigenvalue weighted by molar-refractivity contribution is 0.132. The zero-order chi connectivity index (χ0) is 24.7. The highest BCUT2D eigenvalue weighted by atomic mass is 79.9. The van der Waals surface area contributed by atoms with E-state index in [0.29, 0.717) is 37.1 Å². The van der Waals surface area contributed by atoms with Crippen molar-refractivity contribution in [2.24, 2.45) is 0 Å². The molecule has 2 heterocycles. The van der Waals surface area contributed by atoms with Gasteiger partial charge in [-0.3, -0.25) is 4.90 Å². The number of amides is 1. The minimum Gasteiger partial charge on any atom is -0.482 e. The van der Waals surface area contributed by atoms with Crippen LogP contribution in [0.4, 0.5) is 4.79 Å². The van der Waals surface area contributed by atoms with Gasteiger partial charge in [0.15, 0.2) is 0 Å². The molecule has 1 aliphatic rings. The molecule has 182 valence electrons. The lowest BCUT2D eigenvalue weighted by Crippen LogP contribution is -2.25. The SMILES string of the molecule is O=C1OC(c2ccc(Br)cc2)CN1Cc1ncnc(OCc2ccccc2)c1OCc1ccccc1. The van der Waals surface area contributed by atoms with E-state index < -0.39 is 6.09 Å². The van der Waals surface area contributed by atoms with Gasteiger partial charge in [-0.15, -0.1) is 0 Å². The second-order valence-electron chi connectivity index (χ2n) is 8.31. The number of cyclic esters (lactones) is 1. The van der Waals surface area contributed by atoms with Crippen molar-refractivity contribution in [1.29, 1.82) is 0 Å². The summed E-state index contributed by atoms with van der Waals surface area (Å²) >= 11 is 3.44. The molecular weight excluding hydrogens is 522 g/mol. The first kappa shape index (κ1) is 23.8. The van der Waals surface area contributed by atoms with Crippen LogP contribution in [0, 0.1) is 0 Å². The Labute approximate surface area is 217 Å². The monoisotopic (exact) mass is 545 g/mol. The predicted octanol–water partition coefficient (Wildman–Crippen LogP) is 6.09. The second-order valence-corrected chi connectivity index (χ2v) is 9.22. The van der Waals surface area contributed by atoms with Gasteiger partial charge in [0.2, 0.25) is 5.75 Å². The first-order valence-corrected chi connectivity index (χ1v) is 12.3. The smallest absolute Gasteiger partial charge is 0.410 e. The summed E-state index contributed by atoms with van der Waals surface area (Å²) in [6, 6.07) is 27.4. The maximum Gasteiger partial charge on any atom is 0.410 e. The van der Waals surface area contributed by atoms with E-state index in [1.54, 1.807) is 4.90 Å². The van der Waals surface area contributed by atoms with Gasteiger partial charge in [-0.25, -0.2) is 9.78 Å². The van der Waals surface area contributed by atoms with Crippen molar-refractivity contribution in [1.82, 2.24) is 14.9 Å². The first-order valence-electron chi connectivity index (χ1n) is 11.5. The number of aromatic nitrogens is 2. The average molecular weight is 546 g/mol. The molecule has 8 heteroatoms. The Morgan fingerprint density at radius 1 is 0.861 bits per heavy atom. The molecular formula is C28H24BrN3O4. The van der Waals surface area contributed by atoms with Crippen LogP contribution in [-0.2, 0) is 24.5 Å². The van der Waals surface area contributed by atoms with Gasteiger partial charge < -0.3 is 14.2 Å². The molecule has 0 radical (unpaired) electrons. The Kier molecular flexibility index (Phi) is 7.42. The third-order valence-electron chi connectivity index (χ3n) is 5.76. The number of hydrogen-bond acceptors (Lipinski definition) is 6. The van der Waals surface area contributed by atoms with Gasteiger partial charge in [-0.1, -0.05) is 88.7 Å². The number of halogens is 1. The molecule has 0 aliphatic carbocycles. The lowest BCUT2D eigenvalue weighted by atomic mass is 10.1. The van der Waals surface area contributed by atoms with Crippen molar-refractivity contribution in [2.75, 3.05) is 6.54 Å². The van der Waals surface area contributed by atoms with E-state index in [0.717, 1.165) is 21.2 Å². The maximum atomic E-state index is 12.7. The van der Waals surface area contributed by atoms with Gasteiger partial charge >= 0.3 is 6.09 Å². The van der Waals surface area contributed by atoms with Crippen LogP contribution in [0.5, 0.6) is 11.6 Å². The zero-order valence-corrected chi connectivity index (χ0v) is 21.0. The topological polar surface area (TPSA) is 73.8 Å². The van der Waals surface area contributed by atoms with Crippen LogP contribution in [-0.4, -0.2) is 27.5 Å². The Morgan fingerprint density at radius 3 is 2.17 bits per heavy atom. The fourth-order valence-corrected chi connectivity index (χ4v) is 4.14. The van der Waals surface area contributed by atoms with Crippen LogP contribution in [0.2, 0.25) is 0 Å². The molecule has 0 bridgehead atoms. The molecule has 4 aromatic rings. The molecule has 5 rings (SSSR count). The highest BCUT2D eigenvalue weighted by molar-refractivity contribution is 9.10. The summed E-state index contributed by atoms with van der Waals surface area (Å²) in [5.41, 5.74) is 3.49. The quantitative estimate of drug-likeness (QED) is 0.253. The van der Waals surface area contributed by atoms with Gasteiger partial charge in [-0.2, -0.15) is 4.98 Å². The molecule has 0 spiro atoms. The molecule has 1 fully saturated rings. The van der Waals surface area contributed by atoms with Crippen molar-refractivity contribution in [3.63, 3.8) is 0 Å². The molecule has 1 aromatic heterocycles. The summed E-state index contributed by atoms with van der Waals surface area (Å²) < 4.78 is 18.8. The van der Waals surface area contributed by atoms with E-state index in [9.17, 15) is 4.79 Å². The van der Waals surface area contributed by atoms with Gasteiger partial charge in [0.1, 0.15) is 31.3 Å². The Morgan fingerprint density at radius 2 is 1.50 bits per heavy atom. The fraction of sp³-hybridized carbons (Fsp3) is 0.179. The zero-order valence-electron chi connectivity index (χ0n) is 19.4. The Bertz CT molecular complexity index is 1300. The predicted molar refractivity (Wildman–Crippen MR) is 137 cm³/mol. The molecule has 1 aliphatic heterocycles. The third kappa shape index (κ3) is 5.83. The van der Waals surface area contributed by atoms with Crippen molar-refractivity contribution in [3.05, 3.63) is 118 Å². The van der Waals surface area contributed by atoms with E-state index in [2.05, 4.69) is 25.9 Å². The summed E-state index contributed by atoms with van der Waals surface area (Å²) in [5, 5.41) is 0. The number of ether oxygens (including phenoxy) is 3. The van der Waals surface area contributed by atoms with Crippen LogP contribution in [0.25, 0.3) is 0 Å². The van der Waals surface area contributed by atoms with Crippen LogP contribution >= 0.6 is 15.9 Å². The Balaban J connectivity index is 1.36. The molecule has 3 aromatic carbocycles. The molecule has 0 saturated carbocycles. The average Bonchev–Trinajstić information content (AvgIpc) is 3.28. The number of carbonyl (C=O) groups is 1. The van der Waals surface area contributed by atoms with Crippen LogP contribution in [0.15, 0.2) is 95.7 Å². The van der Waals surface area contributed by atoms with E-state index in [4.69, 9.17) is 14.2 Å². The Hall–Kier alpha value is -3.91. The molecule has 1 atom stereocenters. The number of benzene rings is 3. The van der Waals surface area contributed by atoms with E-state index in [1.807, 2.05) is 84.9 Å². The van der Waals surface area contributed by atoms with Gasteiger partial charge in [0.05, 0.1) is 13.1 Å². The largest absolute Gasteiger partial charge is 0.482 e. The number of rotatable bonds is 9. The standard InChI is InChI=1S/C28H24BrN3O4/c29-23-13-11-22(12-14-23)25-16-32(28(33)36-25)15-24-26(34-17-20-7-3-1-4-8-20)27(31-19-30-24)35-18-21-9-5-2-6-10-21/h1-14,19,25H,15-18H2. The maximum absolute atomic E-state index is 12.7. The molecule has 1 amide bonds. The van der Waals surface area contributed by atoms with Crippen LogP contribution < -0.4 is 9.47 Å². The third-order valence-corrected chi connectivity index (χ3v) is 6.29. The lowest BCUT2D eigenvalue weighted by Gasteiger charge is -2.18. The minimum atomic E-state index is -0.401. The molecule has 7 nitrogen and oxygen atoms in total. The van der Waals surface area contributed by atoms with E-state index >= 15 is 0 Å². The van der Waals surface area contributed by atoms with Crippen molar-refractivity contribution < 1.29 is 19.0 Å². The van der Waals surface area contributed by atoms with E-state index in [-0.39, 0.29) is 12.6 Å². The highest BCUT2D eigenvalue weighted by Crippen LogP contribution is 2.33. The second kappa shape index (κ2) is 11.2. The summed E-state index contributed by atoms with van der Waals surface area (Å²) in [6.07, 6.45) is 0.677. The van der Waals surface area contributed by atoms with Crippen molar-refractivity contribution in [3.8, 4) is 11.6 Å². The summed E-state index contributed by atoms with van der Waals surface area (Å²) in [7, 11) is 0. The number of nitrogens with zero attached hydrogens (tertiary/aromatic N) is 3. The molecule has 36 heavy (non-hydrogen) atoms.